The number of thiophene rings is 1. The van der Waals surface area contributed by atoms with E-state index in [0.717, 1.165) is 30.6 Å². The minimum atomic E-state index is 0.450. The molecule has 0 bridgehead atoms. The number of hydrazine groups is 1. The van der Waals surface area contributed by atoms with Crippen molar-refractivity contribution in [2.24, 2.45) is 17.7 Å². The number of hydrogen-bond acceptors (Lipinski definition) is 3. The third-order valence-electron chi connectivity index (χ3n) is 5.39. The molecule has 4 atom stereocenters. The van der Waals surface area contributed by atoms with Gasteiger partial charge >= 0.3 is 0 Å². The molecular formula is C18H22N2S. The molecule has 2 aromatic rings. The number of hydrogen-bond donors (Lipinski definition) is 2. The van der Waals surface area contributed by atoms with E-state index in [-0.39, 0.29) is 0 Å². The fourth-order valence-corrected chi connectivity index (χ4v) is 5.02. The van der Waals surface area contributed by atoms with Crippen molar-refractivity contribution in [3.05, 3.63) is 57.8 Å². The zero-order valence-electron chi connectivity index (χ0n) is 12.2. The molecule has 0 saturated heterocycles. The fourth-order valence-electron chi connectivity index (χ4n) is 4.31. The normalized spacial score (nSPS) is 27.8. The van der Waals surface area contributed by atoms with Crippen LogP contribution in [-0.2, 0) is 12.8 Å². The van der Waals surface area contributed by atoms with Crippen molar-refractivity contribution in [3.63, 3.8) is 0 Å². The lowest BCUT2D eigenvalue weighted by atomic mass is 9.92. The Balaban J connectivity index is 1.47. The van der Waals surface area contributed by atoms with E-state index in [1.165, 1.54) is 18.4 Å². The topological polar surface area (TPSA) is 38.0 Å². The van der Waals surface area contributed by atoms with Crippen molar-refractivity contribution in [2.45, 2.75) is 37.6 Å². The van der Waals surface area contributed by atoms with E-state index in [4.69, 9.17) is 5.84 Å². The highest BCUT2D eigenvalue weighted by Gasteiger charge is 2.55. The first-order valence-corrected chi connectivity index (χ1v) is 8.88. The van der Waals surface area contributed by atoms with Gasteiger partial charge in [0.05, 0.1) is 0 Å². The van der Waals surface area contributed by atoms with E-state index in [1.54, 1.807) is 22.5 Å². The largest absolute Gasteiger partial charge is 0.271 e. The van der Waals surface area contributed by atoms with Crippen LogP contribution in [0.1, 0.15) is 35.4 Å². The Bertz CT molecular complexity index is 607. The number of aryl methyl sites for hydroxylation is 2. The summed E-state index contributed by atoms with van der Waals surface area (Å²) in [5.74, 6) is 8.21. The van der Waals surface area contributed by atoms with Crippen LogP contribution in [0.25, 0.3) is 0 Å². The summed E-state index contributed by atoms with van der Waals surface area (Å²) in [6, 6.07) is 11.7. The lowest BCUT2D eigenvalue weighted by Crippen LogP contribution is -2.38. The number of nitrogens with one attached hydrogen (secondary N) is 1. The molecule has 2 aliphatic carbocycles. The minimum Gasteiger partial charge on any atom is -0.271 e. The van der Waals surface area contributed by atoms with Crippen molar-refractivity contribution in [1.82, 2.24) is 5.43 Å². The van der Waals surface area contributed by atoms with Gasteiger partial charge in [-0.15, -0.1) is 0 Å². The highest BCUT2D eigenvalue weighted by molar-refractivity contribution is 7.07. The Kier molecular flexibility index (Phi) is 3.57. The predicted molar refractivity (Wildman–Crippen MR) is 88.2 cm³/mol. The summed E-state index contributed by atoms with van der Waals surface area (Å²) in [6.45, 7) is 0. The molecule has 2 aliphatic rings. The second-order valence-electron chi connectivity index (χ2n) is 6.45. The summed E-state index contributed by atoms with van der Waals surface area (Å²) in [4.78, 5) is 0. The smallest absolute Gasteiger partial charge is 0.0250 e. The van der Waals surface area contributed by atoms with Crippen molar-refractivity contribution < 1.29 is 0 Å². The third kappa shape index (κ3) is 2.44. The van der Waals surface area contributed by atoms with Gasteiger partial charge in [-0.3, -0.25) is 11.3 Å². The molecule has 4 rings (SSSR count). The van der Waals surface area contributed by atoms with Gasteiger partial charge in [0.2, 0.25) is 0 Å². The molecule has 1 heterocycles. The summed E-state index contributed by atoms with van der Waals surface area (Å²) >= 11 is 1.78. The van der Waals surface area contributed by atoms with Gasteiger partial charge in [-0.25, -0.2) is 0 Å². The molecule has 0 amide bonds. The van der Waals surface area contributed by atoms with E-state index in [2.05, 4.69) is 46.5 Å². The Morgan fingerprint density at radius 3 is 3.00 bits per heavy atom. The van der Waals surface area contributed by atoms with Crippen molar-refractivity contribution in [1.29, 1.82) is 0 Å². The second-order valence-corrected chi connectivity index (χ2v) is 7.23. The Hall–Kier alpha value is -1.16. The van der Waals surface area contributed by atoms with Gasteiger partial charge in [0.15, 0.2) is 0 Å². The number of rotatable bonds is 5. The van der Waals surface area contributed by atoms with Crippen LogP contribution in [0.2, 0.25) is 0 Å². The molecule has 110 valence electrons. The van der Waals surface area contributed by atoms with Crippen molar-refractivity contribution >= 4 is 11.3 Å². The summed E-state index contributed by atoms with van der Waals surface area (Å²) in [5.41, 5.74) is 7.72. The maximum absolute atomic E-state index is 5.88. The van der Waals surface area contributed by atoms with Gasteiger partial charge in [0.25, 0.3) is 0 Å². The maximum Gasteiger partial charge on any atom is 0.0250 e. The SMILES string of the molecule is NNC(CCc1ccsc1)C1C2CCc3ccccc3C21. The molecule has 1 aromatic carbocycles. The molecule has 1 aromatic heterocycles. The third-order valence-corrected chi connectivity index (χ3v) is 6.13. The van der Waals surface area contributed by atoms with E-state index in [0.29, 0.717) is 6.04 Å². The highest BCUT2D eigenvalue weighted by atomic mass is 32.1. The molecular weight excluding hydrogens is 276 g/mol. The predicted octanol–water partition coefficient (Wildman–Crippen LogP) is 3.49. The minimum absolute atomic E-state index is 0.450. The van der Waals surface area contributed by atoms with Crippen molar-refractivity contribution in [2.75, 3.05) is 0 Å². The van der Waals surface area contributed by atoms with Crippen LogP contribution in [0.15, 0.2) is 41.1 Å². The standard InChI is InChI=1S/C18H22N2S/c19-20-16(8-5-12-9-10-21-11-12)18-15-7-6-13-3-1-2-4-14(13)17(15)18/h1-4,9-11,15-18,20H,5-8,19H2. The van der Waals surface area contributed by atoms with Crippen LogP contribution < -0.4 is 11.3 Å². The second kappa shape index (κ2) is 5.56. The summed E-state index contributed by atoms with van der Waals surface area (Å²) < 4.78 is 0. The van der Waals surface area contributed by atoms with Crippen molar-refractivity contribution in [3.8, 4) is 0 Å². The van der Waals surface area contributed by atoms with Crippen LogP contribution in [0, 0.1) is 11.8 Å². The van der Waals surface area contributed by atoms with Crippen LogP contribution >= 0.6 is 11.3 Å². The summed E-state index contributed by atoms with van der Waals surface area (Å²) in [6.07, 6.45) is 4.86. The first-order chi connectivity index (χ1) is 10.4. The monoisotopic (exact) mass is 298 g/mol. The highest BCUT2D eigenvalue weighted by Crippen LogP contribution is 2.61. The quantitative estimate of drug-likeness (QED) is 0.655. The van der Waals surface area contributed by atoms with E-state index in [1.807, 2.05) is 0 Å². The molecule has 0 radical (unpaired) electrons. The number of nitrogens with two attached hydrogens (primary N) is 1. The lowest BCUT2D eigenvalue weighted by molar-refractivity contribution is 0.419. The molecule has 2 nitrogen and oxygen atoms in total. The summed E-state index contributed by atoms with van der Waals surface area (Å²) in [7, 11) is 0. The zero-order valence-corrected chi connectivity index (χ0v) is 13.0. The first-order valence-electron chi connectivity index (χ1n) is 7.93. The number of benzene rings is 1. The van der Waals surface area contributed by atoms with Crippen LogP contribution in [0.4, 0.5) is 0 Å². The van der Waals surface area contributed by atoms with Crippen LogP contribution in [0.5, 0.6) is 0 Å². The number of fused-ring (bicyclic) bond motifs is 3. The van der Waals surface area contributed by atoms with E-state index >= 15 is 0 Å². The Morgan fingerprint density at radius 2 is 2.19 bits per heavy atom. The zero-order chi connectivity index (χ0) is 14.2. The maximum atomic E-state index is 5.88. The van der Waals surface area contributed by atoms with Gasteiger partial charge < -0.3 is 0 Å². The Morgan fingerprint density at radius 1 is 1.29 bits per heavy atom. The molecule has 1 saturated carbocycles. The molecule has 3 N–H and O–H groups in total. The van der Waals surface area contributed by atoms with Crippen LogP contribution in [0.3, 0.4) is 0 Å². The van der Waals surface area contributed by atoms with Gasteiger partial charge in [0.1, 0.15) is 0 Å². The van der Waals surface area contributed by atoms with Gasteiger partial charge in [-0.2, -0.15) is 11.3 Å². The molecule has 4 unspecified atom stereocenters. The molecule has 1 fully saturated rings. The van der Waals surface area contributed by atoms with Gasteiger partial charge in [-0.1, -0.05) is 24.3 Å². The molecule has 0 aliphatic heterocycles. The molecule has 3 heteroatoms. The van der Waals surface area contributed by atoms with Crippen LogP contribution in [-0.4, -0.2) is 6.04 Å². The summed E-state index contributed by atoms with van der Waals surface area (Å²) in [5, 5.41) is 4.41. The average molecular weight is 298 g/mol. The van der Waals surface area contributed by atoms with E-state index in [9.17, 15) is 0 Å². The lowest BCUT2D eigenvalue weighted by Gasteiger charge is -2.16. The Labute approximate surface area is 130 Å². The molecule has 21 heavy (non-hydrogen) atoms. The van der Waals surface area contributed by atoms with Gasteiger partial charge in [-0.05, 0) is 77.0 Å². The molecule has 0 spiro atoms. The van der Waals surface area contributed by atoms with Gasteiger partial charge in [0, 0.05) is 6.04 Å². The first kappa shape index (κ1) is 13.5. The fraction of sp³-hybridized carbons (Fsp3) is 0.444. The average Bonchev–Trinajstić information content (AvgIpc) is 3.02. The van der Waals surface area contributed by atoms with E-state index < -0.39 is 0 Å².